The van der Waals surface area contributed by atoms with Crippen LogP contribution in [0.3, 0.4) is 0 Å². The Balaban J connectivity index is 1.99. The molecule has 0 aliphatic carbocycles. The molecule has 0 amide bonds. The van der Waals surface area contributed by atoms with Gasteiger partial charge in [0.2, 0.25) is 0 Å². The molecule has 0 aromatic carbocycles. The van der Waals surface area contributed by atoms with Crippen LogP contribution in [0.5, 0.6) is 0 Å². The first kappa shape index (κ1) is 10.4. The summed E-state index contributed by atoms with van der Waals surface area (Å²) in [6.07, 6.45) is 1.25. The summed E-state index contributed by atoms with van der Waals surface area (Å²) >= 11 is 0. The maximum atomic E-state index is 5.57. The van der Waals surface area contributed by atoms with Crippen LogP contribution in [0, 0.1) is 5.92 Å². The Kier molecular flexibility index (Phi) is 2.58. The number of nitrogens with zero attached hydrogens (tertiary/aromatic N) is 2. The molecule has 82 valence electrons. The van der Waals surface area contributed by atoms with Crippen molar-refractivity contribution in [3.05, 3.63) is 0 Å². The Bertz CT molecular complexity index is 212. The largest absolute Gasteiger partial charge is 0.299 e. The fourth-order valence-electron chi connectivity index (χ4n) is 2.58. The maximum Gasteiger partial charge on any atom is 0.0741 e. The zero-order valence-electron chi connectivity index (χ0n) is 9.79. The summed E-state index contributed by atoms with van der Waals surface area (Å²) < 4.78 is 0. The van der Waals surface area contributed by atoms with Gasteiger partial charge in [0, 0.05) is 37.6 Å². The van der Waals surface area contributed by atoms with Gasteiger partial charge in [-0.15, -0.1) is 0 Å². The zero-order chi connectivity index (χ0) is 10.3. The van der Waals surface area contributed by atoms with Gasteiger partial charge in [0.1, 0.15) is 0 Å². The summed E-state index contributed by atoms with van der Waals surface area (Å²) in [7, 11) is 2.07. The van der Waals surface area contributed by atoms with E-state index in [0.717, 1.165) is 6.61 Å². The van der Waals surface area contributed by atoms with E-state index in [4.69, 9.17) is 4.84 Å². The van der Waals surface area contributed by atoms with Crippen LogP contribution in [0.25, 0.3) is 0 Å². The van der Waals surface area contributed by atoms with Gasteiger partial charge in [-0.25, -0.2) is 0 Å². The normalized spacial score (nSPS) is 36.0. The second-order valence-corrected chi connectivity index (χ2v) is 5.57. The summed E-state index contributed by atoms with van der Waals surface area (Å²) in [5.74, 6) is 0.716. The summed E-state index contributed by atoms with van der Waals surface area (Å²) in [5.41, 5.74) is 0.312. The number of hydroxylamine groups is 2. The minimum Gasteiger partial charge on any atom is -0.299 e. The Morgan fingerprint density at radius 2 is 2.00 bits per heavy atom. The molecular formula is C11H22N2O. The molecule has 2 aliphatic heterocycles. The van der Waals surface area contributed by atoms with Crippen molar-refractivity contribution in [1.82, 2.24) is 9.96 Å². The number of hydrogen-bond donors (Lipinski definition) is 0. The van der Waals surface area contributed by atoms with Crippen LogP contribution >= 0.6 is 0 Å². The van der Waals surface area contributed by atoms with Gasteiger partial charge >= 0.3 is 0 Å². The van der Waals surface area contributed by atoms with Crippen LogP contribution in [0.15, 0.2) is 0 Å². The van der Waals surface area contributed by atoms with Gasteiger partial charge in [-0.2, -0.15) is 5.06 Å². The molecule has 3 nitrogen and oxygen atoms in total. The van der Waals surface area contributed by atoms with Gasteiger partial charge in [0.25, 0.3) is 0 Å². The third-order valence-electron chi connectivity index (χ3n) is 3.60. The highest BCUT2D eigenvalue weighted by Gasteiger charge is 2.40. The van der Waals surface area contributed by atoms with E-state index in [1.165, 1.54) is 19.5 Å². The van der Waals surface area contributed by atoms with Crippen LogP contribution in [0.2, 0.25) is 0 Å². The van der Waals surface area contributed by atoms with Crippen molar-refractivity contribution in [2.75, 3.05) is 26.7 Å². The molecular weight excluding hydrogens is 176 g/mol. The monoisotopic (exact) mass is 198 g/mol. The van der Waals surface area contributed by atoms with Crippen molar-refractivity contribution in [2.24, 2.45) is 5.92 Å². The van der Waals surface area contributed by atoms with Gasteiger partial charge in [-0.3, -0.25) is 9.74 Å². The third kappa shape index (κ3) is 1.81. The van der Waals surface area contributed by atoms with Crippen molar-refractivity contribution < 1.29 is 4.84 Å². The van der Waals surface area contributed by atoms with E-state index in [2.05, 4.69) is 37.8 Å². The predicted molar refractivity (Wildman–Crippen MR) is 56.9 cm³/mol. The fraction of sp³-hybridized carbons (Fsp3) is 1.00. The van der Waals surface area contributed by atoms with E-state index in [-0.39, 0.29) is 0 Å². The van der Waals surface area contributed by atoms with Gasteiger partial charge in [-0.05, 0) is 27.2 Å². The lowest BCUT2D eigenvalue weighted by Crippen LogP contribution is -2.52. The van der Waals surface area contributed by atoms with E-state index in [1.807, 2.05) is 0 Å². The lowest BCUT2D eigenvalue weighted by molar-refractivity contribution is -0.112. The number of likely N-dealkylation sites (tertiary alicyclic amines) is 1. The lowest BCUT2D eigenvalue weighted by atomic mass is 9.90. The van der Waals surface area contributed by atoms with Gasteiger partial charge in [0.15, 0.2) is 0 Å². The van der Waals surface area contributed by atoms with Crippen molar-refractivity contribution in [2.45, 2.75) is 38.8 Å². The van der Waals surface area contributed by atoms with Gasteiger partial charge in [-0.1, -0.05) is 0 Å². The van der Waals surface area contributed by atoms with Crippen molar-refractivity contribution in [1.29, 1.82) is 0 Å². The van der Waals surface area contributed by atoms with Crippen molar-refractivity contribution in [3.8, 4) is 0 Å². The highest BCUT2D eigenvalue weighted by atomic mass is 16.7. The second kappa shape index (κ2) is 3.47. The molecule has 3 heteroatoms. The quantitative estimate of drug-likeness (QED) is 0.584. The number of rotatable bonds is 0. The van der Waals surface area contributed by atoms with E-state index in [0.29, 0.717) is 17.5 Å². The molecule has 0 saturated carbocycles. The standard InChI is InChI=1S/C11H22N2O/c1-11(2,3)13-6-5-10-9(7-13)8-14-12(10)4/h9-10H,5-8H2,1-4H3. The molecule has 0 spiro atoms. The molecule has 0 radical (unpaired) electrons. The second-order valence-electron chi connectivity index (χ2n) is 5.57. The molecule has 2 atom stereocenters. The highest BCUT2D eigenvalue weighted by Crippen LogP contribution is 2.30. The Morgan fingerprint density at radius 3 is 2.64 bits per heavy atom. The first-order valence-corrected chi connectivity index (χ1v) is 5.59. The molecule has 2 rings (SSSR count). The Hall–Kier alpha value is -0.120. The predicted octanol–water partition coefficient (Wildman–Crippen LogP) is 1.35. The number of hydrogen-bond acceptors (Lipinski definition) is 3. The molecule has 0 bridgehead atoms. The molecule has 0 aromatic heterocycles. The molecule has 2 saturated heterocycles. The molecule has 2 unspecified atom stereocenters. The van der Waals surface area contributed by atoms with Crippen molar-refractivity contribution >= 4 is 0 Å². The maximum absolute atomic E-state index is 5.57. The Morgan fingerprint density at radius 1 is 1.29 bits per heavy atom. The highest BCUT2D eigenvalue weighted by molar-refractivity contribution is 4.91. The molecule has 2 heterocycles. The number of piperidine rings is 1. The molecule has 0 aromatic rings. The number of fused-ring (bicyclic) bond motifs is 1. The fourth-order valence-corrected chi connectivity index (χ4v) is 2.58. The van der Waals surface area contributed by atoms with Gasteiger partial charge < -0.3 is 0 Å². The lowest BCUT2D eigenvalue weighted by Gasteiger charge is -2.42. The van der Waals surface area contributed by atoms with E-state index in [9.17, 15) is 0 Å². The summed E-state index contributed by atoms with van der Waals surface area (Å²) in [5, 5.41) is 2.06. The van der Waals surface area contributed by atoms with E-state index < -0.39 is 0 Å². The SMILES string of the molecule is CN1OCC2CN(C(C)(C)C)CCC21. The molecule has 14 heavy (non-hydrogen) atoms. The van der Waals surface area contributed by atoms with E-state index in [1.54, 1.807) is 0 Å². The summed E-state index contributed by atoms with van der Waals surface area (Å²) in [6, 6.07) is 0.661. The van der Waals surface area contributed by atoms with Crippen LogP contribution in [-0.2, 0) is 4.84 Å². The zero-order valence-corrected chi connectivity index (χ0v) is 9.79. The Labute approximate surface area is 87.0 Å². The summed E-state index contributed by atoms with van der Waals surface area (Å²) in [4.78, 5) is 8.15. The third-order valence-corrected chi connectivity index (χ3v) is 3.60. The van der Waals surface area contributed by atoms with Crippen molar-refractivity contribution in [3.63, 3.8) is 0 Å². The van der Waals surface area contributed by atoms with Crippen LogP contribution in [0.4, 0.5) is 0 Å². The molecule has 2 aliphatic rings. The average molecular weight is 198 g/mol. The smallest absolute Gasteiger partial charge is 0.0741 e. The summed E-state index contributed by atoms with van der Waals surface area (Å²) in [6.45, 7) is 10.2. The first-order valence-electron chi connectivity index (χ1n) is 5.59. The van der Waals surface area contributed by atoms with E-state index >= 15 is 0 Å². The van der Waals surface area contributed by atoms with Crippen LogP contribution < -0.4 is 0 Å². The molecule has 2 fully saturated rings. The topological polar surface area (TPSA) is 15.7 Å². The average Bonchev–Trinajstić information content (AvgIpc) is 2.46. The van der Waals surface area contributed by atoms with Crippen LogP contribution in [0.1, 0.15) is 27.2 Å². The molecule has 0 N–H and O–H groups in total. The van der Waals surface area contributed by atoms with Crippen LogP contribution in [-0.4, -0.2) is 48.3 Å². The minimum atomic E-state index is 0.312. The first-order chi connectivity index (χ1) is 6.48. The minimum absolute atomic E-state index is 0.312. The van der Waals surface area contributed by atoms with Gasteiger partial charge in [0.05, 0.1) is 6.61 Å².